The maximum atomic E-state index is 12.9. The number of hydrogen-bond donors (Lipinski definition) is 1. The van der Waals surface area contributed by atoms with E-state index in [2.05, 4.69) is 24.8 Å². The molecule has 1 amide bonds. The van der Waals surface area contributed by atoms with Crippen LogP contribution in [0.2, 0.25) is 0 Å². The van der Waals surface area contributed by atoms with Crippen LogP contribution in [0.4, 0.5) is 5.82 Å². The predicted octanol–water partition coefficient (Wildman–Crippen LogP) is 1.85. The minimum absolute atomic E-state index is 0.0707. The molecule has 25 heavy (non-hydrogen) atoms. The molecule has 0 atom stereocenters. The fourth-order valence-corrected chi connectivity index (χ4v) is 3.80. The monoisotopic (exact) mass is 334 g/mol. The molecule has 1 saturated heterocycles. The second-order valence-corrected chi connectivity index (χ2v) is 6.78. The van der Waals surface area contributed by atoms with Crippen LogP contribution >= 0.6 is 0 Å². The zero-order valence-corrected chi connectivity index (χ0v) is 13.7. The maximum Gasteiger partial charge on any atom is 0.256 e. The summed E-state index contributed by atoms with van der Waals surface area (Å²) in [5.74, 6) is 1.03. The Kier molecular flexibility index (Phi) is 3.03. The maximum absolute atomic E-state index is 12.9. The number of fused-ring (bicyclic) bond motifs is 1. The molecule has 0 unspecified atom stereocenters. The molecular weight excluding hydrogens is 316 g/mol. The van der Waals surface area contributed by atoms with Crippen molar-refractivity contribution in [1.29, 1.82) is 0 Å². The molecule has 0 aromatic carbocycles. The standard InChI is InChI=1S/C18H18N6O/c25-17(13-2-1-6-19-10-13)24-9-8-23(11-18(24)4-5-18)16-14-3-7-20-15(14)21-12-22-16/h1-3,6-7,10,12H,4-5,8-9,11H2,(H,20,21,22). The Balaban J connectivity index is 1.43. The molecule has 4 heterocycles. The summed E-state index contributed by atoms with van der Waals surface area (Å²) in [6.45, 7) is 2.28. The van der Waals surface area contributed by atoms with Crippen molar-refractivity contribution in [1.82, 2.24) is 24.8 Å². The third-order valence-electron chi connectivity index (χ3n) is 5.26. The molecular formula is C18H18N6O. The summed E-state index contributed by atoms with van der Waals surface area (Å²) in [7, 11) is 0. The van der Waals surface area contributed by atoms with Crippen LogP contribution in [0.5, 0.6) is 0 Å². The van der Waals surface area contributed by atoms with Gasteiger partial charge in [0.05, 0.1) is 16.5 Å². The molecule has 7 heteroatoms. The van der Waals surface area contributed by atoms with Crippen molar-refractivity contribution in [3.8, 4) is 0 Å². The van der Waals surface area contributed by atoms with Crippen molar-refractivity contribution >= 4 is 22.8 Å². The molecule has 0 bridgehead atoms. The van der Waals surface area contributed by atoms with Gasteiger partial charge in [-0.05, 0) is 31.0 Å². The Morgan fingerprint density at radius 1 is 1.20 bits per heavy atom. The van der Waals surface area contributed by atoms with Crippen molar-refractivity contribution in [2.45, 2.75) is 18.4 Å². The average molecular weight is 334 g/mol. The van der Waals surface area contributed by atoms with Gasteiger partial charge in [-0.3, -0.25) is 9.78 Å². The van der Waals surface area contributed by atoms with E-state index in [1.165, 1.54) is 0 Å². The Hall–Kier alpha value is -2.96. The summed E-state index contributed by atoms with van der Waals surface area (Å²) >= 11 is 0. The normalized spacial score (nSPS) is 18.7. The van der Waals surface area contributed by atoms with E-state index in [1.807, 2.05) is 29.3 Å². The summed E-state index contributed by atoms with van der Waals surface area (Å²) in [5, 5.41) is 1.03. The number of carbonyl (C=O) groups is 1. The number of piperazine rings is 1. The lowest BCUT2D eigenvalue weighted by molar-refractivity contribution is 0.0624. The van der Waals surface area contributed by atoms with Gasteiger partial charge in [-0.25, -0.2) is 9.97 Å². The molecule has 0 radical (unpaired) electrons. The predicted molar refractivity (Wildman–Crippen MR) is 93.3 cm³/mol. The quantitative estimate of drug-likeness (QED) is 0.774. The molecule has 1 spiro atoms. The number of nitrogens with one attached hydrogen (secondary N) is 1. The highest BCUT2D eigenvalue weighted by molar-refractivity contribution is 5.95. The second kappa shape index (κ2) is 5.27. The van der Waals surface area contributed by atoms with Gasteiger partial charge in [0.25, 0.3) is 5.91 Å². The molecule has 1 aliphatic heterocycles. The fourth-order valence-electron chi connectivity index (χ4n) is 3.80. The van der Waals surface area contributed by atoms with Crippen molar-refractivity contribution in [2.75, 3.05) is 24.5 Å². The molecule has 1 aliphatic carbocycles. The molecule has 2 fully saturated rings. The van der Waals surface area contributed by atoms with E-state index in [9.17, 15) is 4.79 Å². The van der Waals surface area contributed by atoms with E-state index < -0.39 is 0 Å². The number of hydrogen-bond acceptors (Lipinski definition) is 5. The van der Waals surface area contributed by atoms with E-state index in [-0.39, 0.29) is 11.4 Å². The van der Waals surface area contributed by atoms with Gasteiger partial charge >= 0.3 is 0 Å². The molecule has 1 saturated carbocycles. The summed E-state index contributed by atoms with van der Waals surface area (Å²) in [6.07, 6.45) is 8.91. The SMILES string of the molecule is O=C(c1cccnc1)N1CCN(c2ncnc3[nH]ccc23)CC12CC2. The number of carbonyl (C=O) groups excluding carboxylic acids is 1. The molecule has 3 aromatic rings. The molecule has 3 aromatic heterocycles. The van der Waals surface area contributed by atoms with Crippen LogP contribution < -0.4 is 4.90 Å². The zero-order valence-electron chi connectivity index (χ0n) is 13.7. The lowest BCUT2D eigenvalue weighted by Gasteiger charge is -2.42. The average Bonchev–Trinajstić information content (AvgIpc) is 3.24. The van der Waals surface area contributed by atoms with E-state index in [1.54, 1.807) is 18.7 Å². The summed E-state index contributed by atoms with van der Waals surface area (Å²) < 4.78 is 0. The Morgan fingerprint density at radius 2 is 2.12 bits per heavy atom. The van der Waals surface area contributed by atoms with Crippen LogP contribution in [-0.4, -0.2) is 55.9 Å². The first-order chi connectivity index (χ1) is 12.3. The number of pyridine rings is 1. The Labute approximate surface area is 144 Å². The smallest absolute Gasteiger partial charge is 0.256 e. The highest BCUT2D eigenvalue weighted by Crippen LogP contribution is 2.45. The Bertz CT molecular complexity index is 933. The number of amides is 1. The van der Waals surface area contributed by atoms with Gasteiger partial charge < -0.3 is 14.8 Å². The largest absolute Gasteiger partial charge is 0.352 e. The Morgan fingerprint density at radius 3 is 2.92 bits per heavy atom. The molecule has 126 valence electrons. The lowest BCUT2D eigenvalue weighted by Crippen LogP contribution is -2.57. The third kappa shape index (κ3) is 2.26. The van der Waals surface area contributed by atoms with E-state index >= 15 is 0 Å². The van der Waals surface area contributed by atoms with Gasteiger partial charge in [0.2, 0.25) is 0 Å². The van der Waals surface area contributed by atoms with Crippen LogP contribution in [-0.2, 0) is 0 Å². The van der Waals surface area contributed by atoms with Crippen molar-refractivity contribution in [3.63, 3.8) is 0 Å². The molecule has 5 rings (SSSR count). The molecule has 7 nitrogen and oxygen atoms in total. The first-order valence-corrected chi connectivity index (χ1v) is 8.52. The lowest BCUT2D eigenvalue weighted by atomic mass is 10.1. The minimum atomic E-state index is -0.0707. The van der Waals surface area contributed by atoms with Crippen LogP contribution in [0.15, 0.2) is 43.1 Å². The van der Waals surface area contributed by atoms with Gasteiger partial charge in [-0.2, -0.15) is 0 Å². The second-order valence-electron chi connectivity index (χ2n) is 6.78. The van der Waals surface area contributed by atoms with Crippen LogP contribution in [0.3, 0.4) is 0 Å². The van der Waals surface area contributed by atoms with E-state index in [4.69, 9.17) is 0 Å². The van der Waals surface area contributed by atoms with Crippen LogP contribution in [0, 0.1) is 0 Å². The highest BCUT2D eigenvalue weighted by Gasteiger charge is 2.53. The number of rotatable bonds is 2. The van der Waals surface area contributed by atoms with E-state index in [0.717, 1.165) is 42.8 Å². The van der Waals surface area contributed by atoms with Crippen molar-refractivity contribution < 1.29 is 4.79 Å². The molecule has 2 aliphatic rings. The summed E-state index contributed by atoms with van der Waals surface area (Å²) in [4.78, 5) is 33.2. The molecule has 1 N–H and O–H groups in total. The van der Waals surface area contributed by atoms with Gasteiger partial charge in [-0.1, -0.05) is 0 Å². The van der Waals surface area contributed by atoms with Gasteiger partial charge in [0.15, 0.2) is 0 Å². The van der Waals surface area contributed by atoms with Gasteiger partial charge in [0.1, 0.15) is 17.8 Å². The van der Waals surface area contributed by atoms with Gasteiger partial charge in [0, 0.05) is 38.2 Å². The number of aromatic amines is 1. The number of H-pyrrole nitrogens is 1. The topological polar surface area (TPSA) is 78.0 Å². The zero-order chi connectivity index (χ0) is 16.9. The first kappa shape index (κ1) is 14.4. The van der Waals surface area contributed by atoms with Gasteiger partial charge in [-0.15, -0.1) is 0 Å². The summed E-state index contributed by atoms with van der Waals surface area (Å²) in [6, 6.07) is 5.66. The number of anilines is 1. The minimum Gasteiger partial charge on any atom is -0.352 e. The van der Waals surface area contributed by atoms with E-state index in [0.29, 0.717) is 12.1 Å². The third-order valence-corrected chi connectivity index (χ3v) is 5.26. The highest BCUT2D eigenvalue weighted by atomic mass is 16.2. The first-order valence-electron chi connectivity index (χ1n) is 8.52. The van der Waals surface area contributed by atoms with Crippen molar-refractivity contribution in [3.05, 3.63) is 48.7 Å². The van der Waals surface area contributed by atoms with Crippen LogP contribution in [0.25, 0.3) is 11.0 Å². The summed E-state index contributed by atoms with van der Waals surface area (Å²) in [5.41, 5.74) is 1.44. The van der Waals surface area contributed by atoms with Crippen LogP contribution in [0.1, 0.15) is 23.2 Å². The fraction of sp³-hybridized carbons (Fsp3) is 0.333. The number of nitrogens with zero attached hydrogens (tertiary/aromatic N) is 5. The van der Waals surface area contributed by atoms with Crippen molar-refractivity contribution in [2.24, 2.45) is 0 Å². The number of aromatic nitrogens is 4.